The smallest absolute Gasteiger partial charge is 0.147 e. The van der Waals surface area contributed by atoms with Crippen molar-refractivity contribution < 1.29 is 13.2 Å². The Morgan fingerprint density at radius 1 is 1.44 bits per heavy atom. The van der Waals surface area contributed by atoms with Crippen LogP contribution in [0.5, 0.6) is 0 Å². The van der Waals surface area contributed by atoms with Gasteiger partial charge >= 0.3 is 0 Å². The minimum atomic E-state index is -2.88. The number of ether oxygens (including phenoxy) is 1. The van der Waals surface area contributed by atoms with Crippen LogP contribution in [0, 0.1) is 5.92 Å². The zero-order valence-corrected chi connectivity index (χ0v) is 11.2. The van der Waals surface area contributed by atoms with Crippen molar-refractivity contribution in [2.75, 3.05) is 25.7 Å². The second kappa shape index (κ2) is 5.98. The van der Waals surface area contributed by atoms with Crippen molar-refractivity contribution in [1.82, 2.24) is 5.32 Å². The predicted octanol–water partition coefficient (Wildman–Crippen LogP) is 0.824. The van der Waals surface area contributed by atoms with Gasteiger partial charge in [-0.15, -0.1) is 0 Å². The van der Waals surface area contributed by atoms with Crippen LogP contribution < -0.4 is 5.32 Å². The van der Waals surface area contributed by atoms with Gasteiger partial charge in [0.15, 0.2) is 0 Å². The summed E-state index contributed by atoms with van der Waals surface area (Å²) >= 11 is 0. The molecule has 2 atom stereocenters. The molecule has 0 radical (unpaired) electrons. The lowest BCUT2D eigenvalue weighted by molar-refractivity contribution is 0.0506. The van der Waals surface area contributed by atoms with E-state index in [2.05, 4.69) is 5.32 Å². The minimum Gasteiger partial charge on any atom is -0.380 e. The first-order chi connectivity index (χ1) is 7.48. The van der Waals surface area contributed by atoms with Gasteiger partial charge in [-0.25, -0.2) is 8.42 Å². The molecule has 16 heavy (non-hydrogen) atoms. The summed E-state index contributed by atoms with van der Waals surface area (Å²) < 4.78 is 27.8. The van der Waals surface area contributed by atoms with E-state index in [0.717, 1.165) is 6.54 Å². The van der Waals surface area contributed by atoms with Gasteiger partial charge in [0.25, 0.3) is 0 Å². The number of nitrogens with one attached hydrogen (secondary N) is 1. The van der Waals surface area contributed by atoms with Crippen molar-refractivity contribution in [2.24, 2.45) is 5.92 Å². The van der Waals surface area contributed by atoms with E-state index in [1.165, 1.54) is 19.1 Å². The van der Waals surface area contributed by atoms with Crippen molar-refractivity contribution in [3.05, 3.63) is 0 Å². The first-order valence-corrected chi connectivity index (χ1v) is 7.98. The van der Waals surface area contributed by atoms with E-state index in [1.807, 2.05) is 6.92 Å². The van der Waals surface area contributed by atoms with E-state index in [4.69, 9.17) is 4.74 Å². The highest BCUT2D eigenvalue weighted by Crippen LogP contribution is 2.36. The van der Waals surface area contributed by atoms with Crippen LogP contribution in [0.3, 0.4) is 0 Å². The van der Waals surface area contributed by atoms with Gasteiger partial charge < -0.3 is 10.1 Å². The van der Waals surface area contributed by atoms with Crippen LogP contribution in [-0.4, -0.2) is 46.2 Å². The van der Waals surface area contributed by atoms with Crippen molar-refractivity contribution in [3.63, 3.8) is 0 Å². The van der Waals surface area contributed by atoms with Crippen molar-refractivity contribution in [1.29, 1.82) is 0 Å². The lowest BCUT2D eigenvalue weighted by atomic mass is 10.0. The summed E-state index contributed by atoms with van der Waals surface area (Å²) in [5, 5.41) is 3.34. The molecule has 0 amide bonds. The molecular formula is C11H23NO3S. The normalized spacial score (nSPS) is 20.7. The van der Waals surface area contributed by atoms with Gasteiger partial charge in [0.05, 0.1) is 11.9 Å². The van der Waals surface area contributed by atoms with Gasteiger partial charge in [0.2, 0.25) is 0 Å². The molecule has 4 nitrogen and oxygen atoms in total. The van der Waals surface area contributed by atoms with Gasteiger partial charge in [-0.2, -0.15) is 0 Å². The number of likely N-dealkylation sites (N-methyl/N-ethyl adjacent to an activating group) is 1. The molecular weight excluding hydrogens is 226 g/mol. The molecule has 0 aliphatic heterocycles. The summed E-state index contributed by atoms with van der Waals surface area (Å²) in [6, 6.07) is 0.164. The molecule has 0 bridgehead atoms. The molecule has 1 N–H and O–H groups in total. The highest BCUT2D eigenvalue weighted by Gasteiger charge is 2.36. The SMILES string of the molecule is CCNC(CCS(C)(=O)=O)C(OC)C1CC1. The average molecular weight is 249 g/mol. The van der Waals surface area contributed by atoms with Crippen LogP contribution in [-0.2, 0) is 14.6 Å². The van der Waals surface area contributed by atoms with E-state index in [9.17, 15) is 8.42 Å². The van der Waals surface area contributed by atoms with Crippen molar-refractivity contribution in [3.8, 4) is 0 Å². The van der Waals surface area contributed by atoms with Gasteiger partial charge in [-0.05, 0) is 31.7 Å². The van der Waals surface area contributed by atoms with E-state index >= 15 is 0 Å². The summed E-state index contributed by atoms with van der Waals surface area (Å²) in [6.45, 7) is 2.88. The first kappa shape index (κ1) is 13.9. The van der Waals surface area contributed by atoms with Crippen LogP contribution in [0.4, 0.5) is 0 Å². The Balaban J connectivity index is 2.51. The monoisotopic (exact) mass is 249 g/mol. The van der Waals surface area contributed by atoms with Gasteiger partial charge in [0.1, 0.15) is 9.84 Å². The van der Waals surface area contributed by atoms with E-state index in [0.29, 0.717) is 12.3 Å². The molecule has 1 fully saturated rings. The maximum Gasteiger partial charge on any atom is 0.147 e. The van der Waals surface area contributed by atoms with Gasteiger partial charge in [0, 0.05) is 19.4 Å². The van der Waals surface area contributed by atoms with Crippen LogP contribution in [0.2, 0.25) is 0 Å². The molecule has 0 aromatic carbocycles. The fourth-order valence-electron chi connectivity index (χ4n) is 2.10. The third-order valence-corrected chi connectivity index (χ3v) is 4.00. The van der Waals surface area contributed by atoms with Crippen molar-refractivity contribution >= 4 is 9.84 Å². The quantitative estimate of drug-likeness (QED) is 0.692. The molecule has 5 heteroatoms. The Morgan fingerprint density at radius 2 is 2.06 bits per heavy atom. The summed E-state index contributed by atoms with van der Waals surface area (Å²) in [7, 11) is -1.16. The molecule has 96 valence electrons. The molecule has 2 unspecified atom stereocenters. The third kappa shape index (κ3) is 4.80. The Labute approximate surface area is 98.7 Å². The summed E-state index contributed by atoms with van der Waals surface area (Å²) in [6.07, 6.45) is 4.51. The molecule has 1 aliphatic carbocycles. The maximum atomic E-state index is 11.2. The van der Waals surface area contributed by atoms with Crippen LogP contribution in [0.1, 0.15) is 26.2 Å². The maximum absolute atomic E-state index is 11.2. The topological polar surface area (TPSA) is 55.4 Å². The predicted molar refractivity (Wildman–Crippen MR) is 65.3 cm³/mol. The molecule has 1 aliphatic rings. The van der Waals surface area contributed by atoms with E-state index in [-0.39, 0.29) is 17.9 Å². The van der Waals surface area contributed by atoms with Crippen LogP contribution in [0.25, 0.3) is 0 Å². The number of hydrogen-bond donors (Lipinski definition) is 1. The largest absolute Gasteiger partial charge is 0.380 e. The number of methoxy groups -OCH3 is 1. The first-order valence-electron chi connectivity index (χ1n) is 5.91. The second-order valence-electron chi connectivity index (χ2n) is 4.62. The second-order valence-corrected chi connectivity index (χ2v) is 6.88. The number of rotatable bonds is 8. The molecule has 0 saturated heterocycles. The zero-order valence-electron chi connectivity index (χ0n) is 10.4. The van der Waals surface area contributed by atoms with Crippen LogP contribution in [0.15, 0.2) is 0 Å². The average Bonchev–Trinajstić information content (AvgIpc) is 2.98. The lowest BCUT2D eigenvalue weighted by Gasteiger charge is -2.26. The van der Waals surface area contributed by atoms with Crippen molar-refractivity contribution in [2.45, 2.75) is 38.3 Å². The van der Waals surface area contributed by atoms with Gasteiger partial charge in [-0.3, -0.25) is 0 Å². The summed E-state index contributed by atoms with van der Waals surface area (Å²) in [5.74, 6) is 0.852. The lowest BCUT2D eigenvalue weighted by Crippen LogP contribution is -2.43. The Kier molecular flexibility index (Phi) is 5.21. The number of hydrogen-bond acceptors (Lipinski definition) is 4. The Morgan fingerprint density at radius 3 is 2.44 bits per heavy atom. The Hall–Kier alpha value is -0.130. The zero-order chi connectivity index (χ0) is 12.2. The molecule has 0 spiro atoms. The summed E-state index contributed by atoms with van der Waals surface area (Å²) in [4.78, 5) is 0. The fraction of sp³-hybridized carbons (Fsp3) is 1.00. The standard InChI is InChI=1S/C11H23NO3S/c1-4-12-10(7-8-16(3,13)14)11(15-2)9-5-6-9/h9-12H,4-8H2,1-3H3. The van der Waals surface area contributed by atoms with E-state index < -0.39 is 9.84 Å². The Bertz CT molecular complexity index is 298. The molecule has 0 heterocycles. The highest BCUT2D eigenvalue weighted by molar-refractivity contribution is 7.90. The fourth-order valence-corrected chi connectivity index (χ4v) is 2.78. The van der Waals surface area contributed by atoms with E-state index in [1.54, 1.807) is 7.11 Å². The van der Waals surface area contributed by atoms with Gasteiger partial charge in [-0.1, -0.05) is 6.92 Å². The van der Waals surface area contributed by atoms with Crippen LogP contribution >= 0.6 is 0 Å². The molecule has 1 rings (SSSR count). The molecule has 1 saturated carbocycles. The molecule has 0 aromatic rings. The highest BCUT2D eigenvalue weighted by atomic mass is 32.2. The summed E-state index contributed by atoms with van der Waals surface area (Å²) in [5.41, 5.74) is 0. The number of sulfone groups is 1. The minimum absolute atomic E-state index is 0.164. The molecule has 0 aromatic heterocycles. The third-order valence-electron chi connectivity index (χ3n) is 3.02.